The molecule has 0 aliphatic carbocycles. The summed E-state index contributed by atoms with van der Waals surface area (Å²) in [5.74, 6) is 1.37. The lowest BCUT2D eigenvalue weighted by Gasteiger charge is -2.34. The normalized spacial score (nSPS) is 25.5. The third-order valence-electron chi connectivity index (χ3n) is 4.67. The summed E-state index contributed by atoms with van der Waals surface area (Å²) >= 11 is 0. The fourth-order valence-electron chi connectivity index (χ4n) is 3.71. The van der Waals surface area contributed by atoms with Crippen LogP contribution >= 0.6 is 0 Å². The summed E-state index contributed by atoms with van der Waals surface area (Å²) < 4.78 is 32.9. The highest BCUT2D eigenvalue weighted by atomic mass is 32.2. The molecule has 0 bridgehead atoms. The molecule has 2 heterocycles. The first-order chi connectivity index (χ1) is 10.9. The van der Waals surface area contributed by atoms with Crippen molar-refractivity contribution >= 4 is 10.0 Å². The average molecular weight is 338 g/mol. The van der Waals surface area contributed by atoms with Crippen LogP contribution in [0.4, 0.5) is 0 Å². The van der Waals surface area contributed by atoms with Gasteiger partial charge in [0.05, 0.1) is 18.1 Å². The molecule has 0 aromatic heterocycles. The Labute approximate surface area is 139 Å². The van der Waals surface area contributed by atoms with E-state index >= 15 is 0 Å². The van der Waals surface area contributed by atoms with Gasteiger partial charge in [0.25, 0.3) is 0 Å². The zero-order chi connectivity index (χ0) is 16.4. The molecule has 1 aromatic carbocycles. The lowest BCUT2D eigenvalue weighted by molar-refractivity contribution is 0.134. The molecule has 5 nitrogen and oxygen atoms in total. The maximum Gasteiger partial charge on any atom is 0.240 e. The Morgan fingerprint density at radius 2 is 1.87 bits per heavy atom. The third kappa shape index (κ3) is 4.12. The van der Waals surface area contributed by atoms with Crippen molar-refractivity contribution in [3.05, 3.63) is 29.3 Å². The van der Waals surface area contributed by atoms with E-state index in [4.69, 9.17) is 4.74 Å². The van der Waals surface area contributed by atoms with Crippen molar-refractivity contribution in [3.63, 3.8) is 0 Å². The third-order valence-corrected chi connectivity index (χ3v) is 6.13. The summed E-state index contributed by atoms with van der Waals surface area (Å²) in [6.45, 7) is 8.94. The minimum Gasteiger partial charge on any atom is -0.372 e. The number of piperidine rings is 1. The van der Waals surface area contributed by atoms with Crippen LogP contribution in [0.5, 0.6) is 0 Å². The Morgan fingerprint density at radius 1 is 1.17 bits per heavy atom. The van der Waals surface area contributed by atoms with Crippen molar-refractivity contribution in [1.29, 1.82) is 0 Å². The van der Waals surface area contributed by atoms with Gasteiger partial charge in [0.15, 0.2) is 0 Å². The minimum absolute atomic E-state index is 0.335. The maximum atomic E-state index is 12.4. The minimum atomic E-state index is -3.44. The van der Waals surface area contributed by atoms with Gasteiger partial charge in [-0.15, -0.1) is 0 Å². The van der Waals surface area contributed by atoms with Crippen molar-refractivity contribution in [2.24, 2.45) is 11.8 Å². The van der Waals surface area contributed by atoms with Gasteiger partial charge in [-0.2, -0.15) is 0 Å². The first-order valence-electron chi connectivity index (χ1n) is 8.35. The van der Waals surface area contributed by atoms with Gasteiger partial charge in [0, 0.05) is 26.2 Å². The van der Waals surface area contributed by atoms with Crippen molar-refractivity contribution in [2.45, 2.75) is 38.4 Å². The van der Waals surface area contributed by atoms with Crippen LogP contribution in [0.2, 0.25) is 0 Å². The van der Waals surface area contributed by atoms with E-state index in [1.165, 1.54) is 6.42 Å². The number of sulfonamides is 1. The van der Waals surface area contributed by atoms with Gasteiger partial charge in [-0.3, -0.25) is 0 Å². The monoisotopic (exact) mass is 338 g/mol. The van der Waals surface area contributed by atoms with Crippen molar-refractivity contribution in [2.75, 3.05) is 26.2 Å². The van der Waals surface area contributed by atoms with E-state index in [-0.39, 0.29) is 0 Å². The molecule has 128 valence electrons. The molecule has 0 saturated carbocycles. The van der Waals surface area contributed by atoms with Crippen LogP contribution in [0.1, 0.15) is 31.4 Å². The second-order valence-corrected chi connectivity index (χ2v) is 8.79. The first-order valence-corrected chi connectivity index (χ1v) is 9.84. The molecule has 1 N–H and O–H groups in total. The van der Waals surface area contributed by atoms with Gasteiger partial charge in [-0.25, -0.2) is 13.1 Å². The van der Waals surface area contributed by atoms with Crippen LogP contribution < -0.4 is 4.72 Å². The van der Waals surface area contributed by atoms with Gasteiger partial charge in [-0.1, -0.05) is 19.9 Å². The molecule has 2 aliphatic rings. The Morgan fingerprint density at radius 3 is 2.61 bits per heavy atom. The second kappa shape index (κ2) is 6.89. The molecular formula is C17H26N2O3S. The maximum absolute atomic E-state index is 12.4. The van der Waals surface area contributed by atoms with Crippen LogP contribution in [0.15, 0.2) is 23.1 Å². The number of hydrogen-bond acceptors (Lipinski definition) is 4. The smallest absolute Gasteiger partial charge is 0.240 e. The Hall–Kier alpha value is -0.950. The number of rotatable bonds is 5. The average Bonchev–Trinajstić information content (AvgIpc) is 2.93. The fourth-order valence-corrected chi connectivity index (χ4v) is 4.78. The highest BCUT2D eigenvalue weighted by Crippen LogP contribution is 2.23. The highest BCUT2D eigenvalue weighted by Gasteiger charge is 2.22. The Bertz CT molecular complexity index is 650. The topological polar surface area (TPSA) is 58.6 Å². The molecule has 2 aliphatic heterocycles. The predicted molar refractivity (Wildman–Crippen MR) is 89.5 cm³/mol. The van der Waals surface area contributed by atoms with E-state index in [0.29, 0.717) is 36.5 Å². The quantitative estimate of drug-likeness (QED) is 0.892. The van der Waals surface area contributed by atoms with Gasteiger partial charge >= 0.3 is 0 Å². The molecule has 0 spiro atoms. The van der Waals surface area contributed by atoms with Crippen LogP contribution in [0.3, 0.4) is 0 Å². The number of ether oxygens (including phenoxy) is 1. The number of fused-ring (bicyclic) bond motifs is 1. The van der Waals surface area contributed by atoms with Gasteiger partial charge in [-0.05, 0) is 41.5 Å². The van der Waals surface area contributed by atoms with Gasteiger partial charge in [0.2, 0.25) is 10.0 Å². The molecule has 1 saturated heterocycles. The molecular weight excluding hydrogens is 312 g/mol. The molecule has 0 radical (unpaired) electrons. The number of nitrogens with zero attached hydrogens (tertiary/aromatic N) is 1. The first kappa shape index (κ1) is 16.9. The molecule has 2 unspecified atom stereocenters. The largest absolute Gasteiger partial charge is 0.372 e. The zero-order valence-corrected chi connectivity index (χ0v) is 14.7. The second-order valence-electron chi connectivity index (χ2n) is 7.03. The van der Waals surface area contributed by atoms with Crippen LogP contribution in [0, 0.1) is 11.8 Å². The van der Waals surface area contributed by atoms with Crippen LogP contribution in [-0.4, -0.2) is 39.5 Å². The Balaban J connectivity index is 1.57. The molecule has 2 atom stereocenters. The van der Waals surface area contributed by atoms with Crippen LogP contribution in [-0.2, 0) is 28.0 Å². The van der Waals surface area contributed by atoms with Gasteiger partial charge < -0.3 is 9.64 Å². The number of benzene rings is 1. The summed E-state index contributed by atoms with van der Waals surface area (Å²) in [6.07, 6.45) is 1.26. The number of likely N-dealkylation sites (tertiary alicyclic amines) is 1. The van der Waals surface area contributed by atoms with Crippen LogP contribution in [0.25, 0.3) is 0 Å². The molecule has 23 heavy (non-hydrogen) atoms. The summed E-state index contributed by atoms with van der Waals surface area (Å²) in [5, 5.41) is 0. The fraction of sp³-hybridized carbons (Fsp3) is 0.647. The molecule has 0 amide bonds. The molecule has 1 fully saturated rings. The van der Waals surface area contributed by atoms with Gasteiger partial charge in [0.1, 0.15) is 0 Å². The van der Waals surface area contributed by atoms with E-state index in [2.05, 4.69) is 23.5 Å². The molecule has 6 heteroatoms. The highest BCUT2D eigenvalue weighted by molar-refractivity contribution is 7.89. The van der Waals surface area contributed by atoms with E-state index < -0.39 is 10.0 Å². The zero-order valence-electron chi connectivity index (χ0n) is 13.9. The number of nitrogens with one attached hydrogen (secondary N) is 1. The standard InChI is InChI=1S/C17H26N2O3S/c1-13-7-14(2)10-19(9-13)6-5-18-23(20,21)17-4-3-15-11-22-12-16(15)8-17/h3-4,8,13-14,18H,5-7,9-12H2,1-2H3. The lowest BCUT2D eigenvalue weighted by Crippen LogP contribution is -2.42. The summed E-state index contributed by atoms with van der Waals surface area (Å²) in [4.78, 5) is 2.69. The molecule has 1 aromatic rings. The van der Waals surface area contributed by atoms with E-state index in [9.17, 15) is 8.42 Å². The van der Waals surface area contributed by atoms with E-state index in [1.807, 2.05) is 6.07 Å². The summed E-state index contributed by atoms with van der Waals surface area (Å²) in [6, 6.07) is 5.25. The SMILES string of the molecule is CC1CC(C)CN(CCNS(=O)(=O)c2ccc3c(c2)COC3)C1. The van der Waals surface area contributed by atoms with E-state index in [0.717, 1.165) is 30.8 Å². The Kier molecular flexibility index (Phi) is 5.06. The van der Waals surface area contributed by atoms with E-state index in [1.54, 1.807) is 12.1 Å². The van der Waals surface area contributed by atoms with Crippen molar-refractivity contribution in [1.82, 2.24) is 9.62 Å². The lowest BCUT2D eigenvalue weighted by atomic mass is 9.92. The predicted octanol–water partition coefficient (Wildman–Crippen LogP) is 1.97. The van der Waals surface area contributed by atoms with Crippen molar-refractivity contribution < 1.29 is 13.2 Å². The summed E-state index contributed by atoms with van der Waals surface area (Å²) in [5.41, 5.74) is 2.06. The number of hydrogen-bond donors (Lipinski definition) is 1. The molecule has 3 rings (SSSR count). The summed E-state index contributed by atoms with van der Waals surface area (Å²) in [7, 11) is -3.44. The van der Waals surface area contributed by atoms with Crippen molar-refractivity contribution in [3.8, 4) is 0 Å².